The molecule has 3 heterocycles. The number of hydrogen-bond donors (Lipinski definition) is 2. The lowest BCUT2D eigenvalue weighted by molar-refractivity contribution is -0.137. The molecule has 1 aromatic carbocycles. The molecule has 4 rings (SSSR count). The number of alkyl halides is 3. The summed E-state index contributed by atoms with van der Waals surface area (Å²) >= 11 is 0. The molecule has 0 aliphatic heterocycles. The highest BCUT2D eigenvalue weighted by Crippen LogP contribution is 2.30. The first kappa shape index (κ1) is 21.2. The fraction of sp³-hybridized carbons (Fsp3) is 0.200. The Bertz CT molecular complexity index is 1250. The van der Waals surface area contributed by atoms with Crippen molar-refractivity contribution in [1.82, 2.24) is 35.0 Å². The number of halogens is 3. The van der Waals surface area contributed by atoms with Gasteiger partial charge in [-0.2, -0.15) is 18.3 Å². The minimum atomic E-state index is -4.40. The third kappa shape index (κ3) is 4.33. The quantitative estimate of drug-likeness (QED) is 0.487. The van der Waals surface area contributed by atoms with Gasteiger partial charge in [0.1, 0.15) is 12.0 Å². The summed E-state index contributed by atoms with van der Waals surface area (Å²) in [7, 11) is 1.72. The van der Waals surface area contributed by atoms with Crippen LogP contribution in [0.25, 0.3) is 11.0 Å². The molecule has 0 saturated carbocycles. The fourth-order valence-electron chi connectivity index (χ4n) is 2.99. The number of aryl methyl sites for hydroxylation is 1. The molecule has 0 saturated heterocycles. The van der Waals surface area contributed by atoms with E-state index in [1.54, 1.807) is 18.7 Å². The fourth-order valence-corrected chi connectivity index (χ4v) is 2.99. The van der Waals surface area contributed by atoms with E-state index in [1.807, 2.05) is 0 Å². The summed E-state index contributed by atoms with van der Waals surface area (Å²) in [4.78, 5) is 29.2. The van der Waals surface area contributed by atoms with Crippen molar-refractivity contribution >= 4 is 28.6 Å². The lowest BCUT2D eigenvalue weighted by atomic mass is 10.1. The van der Waals surface area contributed by atoms with Crippen LogP contribution in [-0.2, 0) is 13.2 Å². The van der Waals surface area contributed by atoms with E-state index in [-0.39, 0.29) is 11.6 Å². The zero-order chi connectivity index (χ0) is 22.9. The first-order valence-corrected chi connectivity index (χ1v) is 9.42. The Morgan fingerprint density at radius 3 is 2.38 bits per heavy atom. The molecule has 0 fully saturated rings. The summed E-state index contributed by atoms with van der Waals surface area (Å²) in [5.41, 5.74) is 1.05. The van der Waals surface area contributed by atoms with Crippen LogP contribution >= 0.6 is 0 Å². The Kier molecular flexibility index (Phi) is 5.43. The molecule has 4 aromatic rings. The Balaban J connectivity index is 1.42. The van der Waals surface area contributed by atoms with Crippen LogP contribution in [-0.4, -0.2) is 35.6 Å². The highest BCUT2D eigenvalue weighted by molar-refractivity contribution is 6.03. The van der Waals surface area contributed by atoms with E-state index in [0.29, 0.717) is 22.3 Å². The highest BCUT2D eigenvalue weighted by atomic mass is 19.4. The van der Waals surface area contributed by atoms with Crippen molar-refractivity contribution in [3.8, 4) is 0 Å². The first-order chi connectivity index (χ1) is 15.2. The normalized spacial score (nSPS) is 12.5. The second-order valence-corrected chi connectivity index (χ2v) is 6.96. The molecule has 0 spiro atoms. The van der Waals surface area contributed by atoms with Gasteiger partial charge < -0.3 is 10.6 Å². The average molecular weight is 442 g/mol. The van der Waals surface area contributed by atoms with Crippen LogP contribution in [0.15, 0.2) is 49.2 Å². The molecule has 0 radical (unpaired) electrons. The number of fused-ring (bicyclic) bond motifs is 1. The largest absolute Gasteiger partial charge is 0.416 e. The van der Waals surface area contributed by atoms with Crippen LogP contribution in [0.3, 0.4) is 0 Å². The molecule has 164 valence electrons. The van der Waals surface area contributed by atoms with Crippen LogP contribution < -0.4 is 10.6 Å². The second-order valence-electron chi connectivity index (χ2n) is 6.96. The molecule has 3 aromatic heterocycles. The number of anilines is 2. The Morgan fingerprint density at radius 1 is 1.03 bits per heavy atom. The van der Waals surface area contributed by atoms with Crippen molar-refractivity contribution in [3.05, 3.63) is 66.0 Å². The number of rotatable bonds is 5. The monoisotopic (exact) mass is 442 g/mol. The van der Waals surface area contributed by atoms with Crippen molar-refractivity contribution in [2.24, 2.45) is 7.05 Å². The standard InChI is InChI=1S/C20H17F3N8O/c1-11(29-18(32)16-15-9-28-31(2)17(15)27-10-26-16)12-7-24-19(25-8-12)30-14-5-3-13(4-6-14)20(21,22)23/h3-11H,1-2H3,(H,29,32)(H,24,25,30). The molecule has 0 aliphatic carbocycles. The molecule has 0 bridgehead atoms. The zero-order valence-electron chi connectivity index (χ0n) is 16.9. The summed E-state index contributed by atoms with van der Waals surface area (Å²) < 4.78 is 39.5. The smallest absolute Gasteiger partial charge is 0.344 e. The molecular weight excluding hydrogens is 425 g/mol. The second kappa shape index (κ2) is 8.21. The van der Waals surface area contributed by atoms with Crippen molar-refractivity contribution in [3.63, 3.8) is 0 Å². The number of nitrogens with one attached hydrogen (secondary N) is 2. The summed E-state index contributed by atoms with van der Waals surface area (Å²) in [6.45, 7) is 1.77. The maximum atomic E-state index is 12.7. The molecular formula is C20H17F3N8O. The predicted molar refractivity (Wildman–Crippen MR) is 109 cm³/mol. The van der Waals surface area contributed by atoms with E-state index in [2.05, 4.69) is 35.7 Å². The molecule has 32 heavy (non-hydrogen) atoms. The maximum Gasteiger partial charge on any atom is 0.416 e. The van der Waals surface area contributed by atoms with Gasteiger partial charge in [0, 0.05) is 30.7 Å². The minimum absolute atomic E-state index is 0.205. The van der Waals surface area contributed by atoms with E-state index in [9.17, 15) is 18.0 Å². The Morgan fingerprint density at radius 2 is 1.72 bits per heavy atom. The predicted octanol–water partition coefficient (Wildman–Crippen LogP) is 3.41. The van der Waals surface area contributed by atoms with Gasteiger partial charge in [-0.05, 0) is 31.2 Å². The van der Waals surface area contributed by atoms with Gasteiger partial charge in [-0.15, -0.1) is 0 Å². The van der Waals surface area contributed by atoms with Gasteiger partial charge in [-0.1, -0.05) is 0 Å². The van der Waals surface area contributed by atoms with Crippen LogP contribution in [0.5, 0.6) is 0 Å². The van der Waals surface area contributed by atoms with Gasteiger partial charge in [0.15, 0.2) is 5.65 Å². The zero-order valence-corrected chi connectivity index (χ0v) is 16.9. The molecule has 2 N–H and O–H groups in total. The van der Waals surface area contributed by atoms with Gasteiger partial charge in [0.05, 0.1) is 23.2 Å². The molecule has 12 heteroatoms. The van der Waals surface area contributed by atoms with E-state index in [0.717, 1.165) is 12.1 Å². The summed E-state index contributed by atoms with van der Waals surface area (Å²) in [6.07, 6.45) is 1.47. The van der Waals surface area contributed by atoms with Crippen molar-refractivity contribution < 1.29 is 18.0 Å². The minimum Gasteiger partial charge on any atom is -0.344 e. The molecule has 1 atom stereocenters. The number of hydrogen-bond acceptors (Lipinski definition) is 7. The third-order valence-corrected chi connectivity index (χ3v) is 4.73. The lowest BCUT2D eigenvalue weighted by Crippen LogP contribution is -2.28. The topological polar surface area (TPSA) is 111 Å². The number of carbonyl (C=O) groups excluding carboxylic acids is 1. The molecule has 9 nitrogen and oxygen atoms in total. The van der Waals surface area contributed by atoms with E-state index < -0.39 is 23.7 Å². The van der Waals surface area contributed by atoms with Crippen LogP contribution in [0, 0.1) is 0 Å². The lowest BCUT2D eigenvalue weighted by Gasteiger charge is -2.14. The maximum absolute atomic E-state index is 12.7. The summed E-state index contributed by atoms with van der Waals surface area (Å²) in [5, 5.41) is 10.3. The Hall–Kier alpha value is -4.09. The molecule has 1 amide bonds. The molecule has 1 unspecified atom stereocenters. The SMILES string of the molecule is CC(NC(=O)c1ncnc2c1cnn2C)c1cnc(Nc2ccc(C(F)(F)F)cc2)nc1. The van der Waals surface area contributed by atoms with Gasteiger partial charge >= 0.3 is 6.18 Å². The average Bonchev–Trinajstić information content (AvgIpc) is 3.15. The van der Waals surface area contributed by atoms with Crippen LogP contribution in [0.1, 0.15) is 34.6 Å². The number of amides is 1. The van der Waals surface area contributed by atoms with Gasteiger partial charge in [-0.3, -0.25) is 9.48 Å². The number of nitrogens with zero attached hydrogens (tertiary/aromatic N) is 6. The third-order valence-electron chi connectivity index (χ3n) is 4.73. The summed E-state index contributed by atoms with van der Waals surface area (Å²) in [5.74, 6) is -0.190. The number of carbonyl (C=O) groups is 1. The number of aromatic nitrogens is 6. The van der Waals surface area contributed by atoms with Gasteiger partial charge in [0.2, 0.25) is 5.95 Å². The summed E-state index contributed by atoms with van der Waals surface area (Å²) in [6, 6.07) is 4.11. The van der Waals surface area contributed by atoms with Crippen molar-refractivity contribution in [2.45, 2.75) is 19.1 Å². The van der Waals surface area contributed by atoms with Crippen LogP contribution in [0.4, 0.5) is 24.8 Å². The Labute approximate surface area is 179 Å². The highest BCUT2D eigenvalue weighted by Gasteiger charge is 2.30. The van der Waals surface area contributed by atoms with Crippen molar-refractivity contribution in [1.29, 1.82) is 0 Å². The van der Waals surface area contributed by atoms with Gasteiger partial charge in [-0.25, -0.2) is 19.9 Å². The molecule has 0 aliphatic rings. The van der Waals surface area contributed by atoms with Crippen molar-refractivity contribution in [2.75, 3.05) is 5.32 Å². The number of benzene rings is 1. The van der Waals surface area contributed by atoms with Gasteiger partial charge in [0.25, 0.3) is 5.91 Å². The van der Waals surface area contributed by atoms with Crippen LogP contribution in [0.2, 0.25) is 0 Å². The van der Waals surface area contributed by atoms with E-state index >= 15 is 0 Å². The van der Waals surface area contributed by atoms with E-state index in [4.69, 9.17) is 0 Å². The van der Waals surface area contributed by atoms with E-state index in [1.165, 1.54) is 37.1 Å². The first-order valence-electron chi connectivity index (χ1n) is 9.42.